The van der Waals surface area contributed by atoms with Crippen LogP contribution in [0.4, 0.5) is 5.69 Å². The van der Waals surface area contributed by atoms with Crippen LogP contribution < -0.4 is 10.5 Å². The van der Waals surface area contributed by atoms with E-state index < -0.39 is 10.0 Å². The zero-order chi connectivity index (χ0) is 14.5. The number of nitrogen functional groups attached to an aromatic ring is 1. The van der Waals surface area contributed by atoms with Gasteiger partial charge in [-0.25, -0.2) is 13.1 Å². The van der Waals surface area contributed by atoms with Crippen LogP contribution in [0.2, 0.25) is 0 Å². The molecule has 1 rings (SSSR count). The summed E-state index contributed by atoms with van der Waals surface area (Å²) in [6.45, 7) is 2.02. The molecule has 0 radical (unpaired) electrons. The van der Waals surface area contributed by atoms with E-state index in [1.807, 2.05) is 0 Å². The zero-order valence-corrected chi connectivity index (χ0v) is 13.7. The van der Waals surface area contributed by atoms with Gasteiger partial charge in [-0.15, -0.1) is 18.2 Å². The lowest BCUT2D eigenvalue weighted by molar-refractivity contribution is 0.583. The van der Waals surface area contributed by atoms with E-state index in [1.165, 1.54) is 11.8 Å². The minimum absolute atomic E-state index is 0.196. The molecule has 1 aromatic carbocycles. The lowest BCUT2D eigenvalue weighted by atomic mass is 10.2. The van der Waals surface area contributed by atoms with Gasteiger partial charge < -0.3 is 5.73 Å². The molecule has 0 spiro atoms. The highest BCUT2D eigenvalue weighted by Gasteiger charge is 2.18. The van der Waals surface area contributed by atoms with Gasteiger partial charge >= 0.3 is 0 Å². The van der Waals surface area contributed by atoms with Gasteiger partial charge in [0.1, 0.15) is 0 Å². The Labute approximate surface area is 126 Å². The monoisotopic (exact) mass is 362 g/mol. The van der Waals surface area contributed by atoms with Crippen LogP contribution in [0.25, 0.3) is 0 Å². The van der Waals surface area contributed by atoms with Gasteiger partial charge in [-0.3, -0.25) is 0 Å². The number of terminal acetylenes is 1. The SMILES string of the molecule is C#CCSCCNS(=O)(=O)c1cc(Br)cc(N)c1C. The fraction of sp³-hybridized carbons (Fsp3) is 0.333. The number of sulfonamides is 1. The molecule has 0 saturated carbocycles. The maximum Gasteiger partial charge on any atom is 0.240 e. The predicted octanol–water partition coefficient (Wildman–Crippen LogP) is 1.98. The van der Waals surface area contributed by atoms with Crippen LogP contribution in [-0.2, 0) is 10.0 Å². The highest BCUT2D eigenvalue weighted by Crippen LogP contribution is 2.26. The van der Waals surface area contributed by atoms with Crippen molar-refractivity contribution >= 4 is 43.4 Å². The van der Waals surface area contributed by atoms with Crippen molar-refractivity contribution in [3.05, 3.63) is 22.2 Å². The van der Waals surface area contributed by atoms with Gasteiger partial charge in [0.25, 0.3) is 0 Å². The third kappa shape index (κ3) is 4.73. The van der Waals surface area contributed by atoms with Gasteiger partial charge in [0.15, 0.2) is 0 Å². The van der Waals surface area contributed by atoms with Crippen molar-refractivity contribution in [3.63, 3.8) is 0 Å². The van der Waals surface area contributed by atoms with E-state index in [9.17, 15) is 8.42 Å². The predicted molar refractivity (Wildman–Crippen MR) is 84.6 cm³/mol. The number of hydrogen-bond donors (Lipinski definition) is 2. The second kappa shape index (κ2) is 7.20. The van der Waals surface area contributed by atoms with Gasteiger partial charge in [-0.05, 0) is 24.6 Å². The van der Waals surface area contributed by atoms with Crippen LogP contribution in [0.1, 0.15) is 5.56 Å². The maximum atomic E-state index is 12.2. The van der Waals surface area contributed by atoms with Crippen molar-refractivity contribution in [2.24, 2.45) is 0 Å². The summed E-state index contributed by atoms with van der Waals surface area (Å²) in [6.07, 6.45) is 5.11. The third-order valence-corrected chi connectivity index (χ3v) is 5.29. The van der Waals surface area contributed by atoms with E-state index in [-0.39, 0.29) is 4.90 Å². The van der Waals surface area contributed by atoms with E-state index in [0.717, 1.165) is 0 Å². The molecule has 0 unspecified atom stereocenters. The van der Waals surface area contributed by atoms with E-state index in [1.54, 1.807) is 19.1 Å². The largest absolute Gasteiger partial charge is 0.398 e. The van der Waals surface area contributed by atoms with Gasteiger partial charge in [-0.2, -0.15) is 0 Å². The van der Waals surface area contributed by atoms with E-state index in [2.05, 4.69) is 26.6 Å². The number of halogens is 1. The summed E-state index contributed by atoms with van der Waals surface area (Å²) in [6, 6.07) is 3.22. The van der Waals surface area contributed by atoms with Gasteiger partial charge in [0.2, 0.25) is 10.0 Å². The summed E-state index contributed by atoms with van der Waals surface area (Å²) in [5.74, 6) is 3.69. The van der Waals surface area contributed by atoms with E-state index >= 15 is 0 Å². The molecule has 7 heteroatoms. The molecule has 0 aliphatic carbocycles. The Kier molecular flexibility index (Phi) is 6.20. The number of hydrogen-bond acceptors (Lipinski definition) is 4. The molecule has 19 heavy (non-hydrogen) atoms. The Morgan fingerprint density at radius 2 is 2.21 bits per heavy atom. The fourth-order valence-corrected chi connectivity index (χ4v) is 4.00. The average molecular weight is 363 g/mol. The molecule has 0 aliphatic heterocycles. The van der Waals surface area contributed by atoms with Crippen LogP contribution >= 0.6 is 27.7 Å². The molecule has 0 amide bonds. The molecule has 104 valence electrons. The molecular formula is C12H15BrN2O2S2. The number of rotatable bonds is 6. The number of thioether (sulfide) groups is 1. The topological polar surface area (TPSA) is 72.2 Å². The summed E-state index contributed by atoms with van der Waals surface area (Å²) in [5.41, 5.74) is 6.75. The standard InChI is InChI=1S/C12H15BrN2O2S2/c1-3-5-18-6-4-15-19(16,17)12-8-10(13)7-11(14)9(12)2/h1,7-8,15H,4-6,14H2,2H3. The molecule has 0 aromatic heterocycles. The smallest absolute Gasteiger partial charge is 0.240 e. The first-order valence-electron chi connectivity index (χ1n) is 5.45. The first-order valence-corrected chi connectivity index (χ1v) is 8.88. The summed E-state index contributed by atoms with van der Waals surface area (Å²) in [7, 11) is -3.55. The maximum absolute atomic E-state index is 12.2. The van der Waals surface area contributed by atoms with Crippen molar-refractivity contribution in [1.82, 2.24) is 4.72 Å². The third-order valence-electron chi connectivity index (χ3n) is 2.38. The van der Waals surface area contributed by atoms with Gasteiger partial charge in [0.05, 0.1) is 10.6 Å². The molecular weight excluding hydrogens is 348 g/mol. The first kappa shape index (κ1) is 16.4. The average Bonchev–Trinajstić information content (AvgIpc) is 2.33. The van der Waals surface area contributed by atoms with E-state index in [0.29, 0.717) is 33.8 Å². The molecule has 1 aromatic rings. The highest BCUT2D eigenvalue weighted by molar-refractivity contribution is 9.10. The minimum atomic E-state index is -3.55. The van der Waals surface area contributed by atoms with Crippen LogP contribution in [0.3, 0.4) is 0 Å². The Balaban J connectivity index is 2.81. The molecule has 0 aliphatic rings. The second-order valence-electron chi connectivity index (χ2n) is 3.77. The van der Waals surface area contributed by atoms with Crippen molar-refractivity contribution < 1.29 is 8.42 Å². The number of nitrogens with one attached hydrogen (secondary N) is 1. The summed E-state index contributed by atoms with van der Waals surface area (Å²) < 4.78 is 27.5. The van der Waals surface area contributed by atoms with Crippen molar-refractivity contribution in [1.29, 1.82) is 0 Å². The van der Waals surface area contributed by atoms with E-state index in [4.69, 9.17) is 12.2 Å². The Morgan fingerprint density at radius 1 is 1.53 bits per heavy atom. The van der Waals surface area contributed by atoms with Crippen LogP contribution in [0, 0.1) is 19.3 Å². The molecule has 0 atom stereocenters. The molecule has 0 heterocycles. The normalized spacial score (nSPS) is 11.2. The molecule has 3 N–H and O–H groups in total. The molecule has 0 saturated heterocycles. The fourth-order valence-electron chi connectivity index (χ4n) is 1.41. The lowest BCUT2D eigenvalue weighted by Gasteiger charge is -2.11. The number of anilines is 1. The molecule has 4 nitrogen and oxygen atoms in total. The number of benzene rings is 1. The van der Waals surface area contributed by atoms with Crippen LogP contribution in [0.15, 0.2) is 21.5 Å². The molecule has 0 fully saturated rings. The summed E-state index contributed by atoms with van der Waals surface area (Å²) in [5, 5.41) is 0. The number of nitrogens with two attached hydrogens (primary N) is 1. The van der Waals surface area contributed by atoms with Crippen molar-refractivity contribution in [2.75, 3.05) is 23.8 Å². The Morgan fingerprint density at radius 3 is 2.84 bits per heavy atom. The van der Waals surface area contributed by atoms with Crippen LogP contribution in [0.5, 0.6) is 0 Å². The Hall–Kier alpha value is -0.680. The second-order valence-corrected chi connectivity index (χ2v) is 7.53. The quantitative estimate of drug-likeness (QED) is 0.461. The van der Waals surface area contributed by atoms with Crippen molar-refractivity contribution in [3.8, 4) is 12.3 Å². The highest BCUT2D eigenvalue weighted by atomic mass is 79.9. The lowest BCUT2D eigenvalue weighted by Crippen LogP contribution is -2.27. The Bertz CT molecular complexity index is 594. The van der Waals surface area contributed by atoms with Crippen LogP contribution in [-0.4, -0.2) is 26.5 Å². The zero-order valence-electron chi connectivity index (χ0n) is 10.4. The summed E-state index contributed by atoms with van der Waals surface area (Å²) >= 11 is 4.75. The summed E-state index contributed by atoms with van der Waals surface area (Å²) in [4.78, 5) is 0.196. The molecule has 0 bridgehead atoms. The first-order chi connectivity index (χ1) is 8.88. The van der Waals surface area contributed by atoms with Gasteiger partial charge in [-0.1, -0.05) is 21.9 Å². The van der Waals surface area contributed by atoms with Crippen molar-refractivity contribution in [2.45, 2.75) is 11.8 Å². The van der Waals surface area contributed by atoms with Gasteiger partial charge in [0, 0.05) is 22.5 Å². The minimum Gasteiger partial charge on any atom is -0.398 e.